The second-order valence-electron chi connectivity index (χ2n) is 5.77. The van der Waals surface area contributed by atoms with Gasteiger partial charge in [0.25, 0.3) is 0 Å². The van der Waals surface area contributed by atoms with E-state index < -0.39 is 10.0 Å². The third kappa shape index (κ3) is 3.95. The van der Waals surface area contributed by atoms with E-state index in [4.69, 9.17) is 16.1 Å². The first-order valence-electron chi connectivity index (χ1n) is 8.05. The second kappa shape index (κ2) is 7.57. The molecule has 0 saturated heterocycles. The summed E-state index contributed by atoms with van der Waals surface area (Å²) >= 11 is 5.84. The number of sulfonamides is 1. The molecule has 0 bridgehead atoms. The summed E-state index contributed by atoms with van der Waals surface area (Å²) in [7, 11) is -3.68. The Hall–Kier alpha value is -2.22. The van der Waals surface area contributed by atoms with E-state index in [0.29, 0.717) is 10.8 Å². The number of rotatable bonds is 6. The molecule has 3 rings (SSSR count). The summed E-state index contributed by atoms with van der Waals surface area (Å²) in [6, 6.07) is 13.8. The molecule has 136 valence electrons. The third-order valence-electron chi connectivity index (χ3n) is 3.86. The average molecular weight is 392 g/mol. The molecular formula is C18H18ClN3O3S. The minimum Gasteiger partial charge on any atom is -0.338 e. The lowest BCUT2D eigenvalue weighted by molar-refractivity contribution is 0.321. The summed E-state index contributed by atoms with van der Waals surface area (Å²) < 4.78 is 32.1. The van der Waals surface area contributed by atoms with E-state index in [0.717, 1.165) is 11.1 Å². The Morgan fingerprint density at radius 3 is 2.54 bits per heavy atom. The van der Waals surface area contributed by atoms with Gasteiger partial charge in [-0.05, 0) is 37.3 Å². The van der Waals surface area contributed by atoms with Crippen molar-refractivity contribution in [3.8, 4) is 11.4 Å². The van der Waals surface area contributed by atoms with Gasteiger partial charge in [-0.3, -0.25) is 0 Å². The van der Waals surface area contributed by atoms with Gasteiger partial charge in [0.05, 0.1) is 11.4 Å². The molecular weight excluding hydrogens is 374 g/mol. The van der Waals surface area contributed by atoms with Gasteiger partial charge in [-0.15, -0.1) is 0 Å². The van der Waals surface area contributed by atoms with Crippen LogP contribution in [0.5, 0.6) is 0 Å². The number of nitrogens with zero attached hydrogens (tertiary/aromatic N) is 3. The Morgan fingerprint density at radius 2 is 1.88 bits per heavy atom. The Balaban J connectivity index is 1.83. The maximum Gasteiger partial charge on any atom is 0.243 e. The summed E-state index contributed by atoms with van der Waals surface area (Å²) in [4.78, 5) is 4.49. The van der Waals surface area contributed by atoms with Gasteiger partial charge < -0.3 is 4.52 Å². The normalized spacial score (nSPS) is 11.8. The van der Waals surface area contributed by atoms with E-state index in [2.05, 4.69) is 10.1 Å². The molecule has 0 aliphatic rings. The van der Waals surface area contributed by atoms with Crippen LogP contribution >= 0.6 is 11.6 Å². The van der Waals surface area contributed by atoms with Crippen molar-refractivity contribution in [3.05, 3.63) is 65.0 Å². The molecule has 26 heavy (non-hydrogen) atoms. The lowest BCUT2D eigenvalue weighted by atomic mass is 10.1. The molecule has 1 aromatic heterocycles. The molecule has 0 aliphatic heterocycles. The number of hydrogen-bond donors (Lipinski definition) is 0. The van der Waals surface area contributed by atoms with Crippen LogP contribution in [0.25, 0.3) is 11.4 Å². The molecule has 0 spiro atoms. The number of halogens is 1. The van der Waals surface area contributed by atoms with E-state index in [-0.39, 0.29) is 23.9 Å². The first-order chi connectivity index (χ1) is 12.4. The fraction of sp³-hybridized carbons (Fsp3) is 0.222. The maximum atomic E-state index is 12.8. The molecule has 0 fully saturated rings. The van der Waals surface area contributed by atoms with E-state index >= 15 is 0 Å². The Bertz CT molecular complexity index is 1000. The fourth-order valence-corrected chi connectivity index (χ4v) is 4.02. The SMILES string of the molecule is CCN(Cc1nc(-c2cccc(C)c2)no1)S(=O)(=O)c1ccc(Cl)cc1. The molecule has 3 aromatic rings. The van der Waals surface area contributed by atoms with Crippen molar-refractivity contribution in [2.75, 3.05) is 6.54 Å². The standard InChI is InChI=1S/C18H18ClN3O3S/c1-3-22(26(23,24)16-9-7-15(19)8-10-16)12-17-20-18(21-25-17)14-6-4-5-13(2)11-14/h4-11H,3,12H2,1-2H3. The van der Waals surface area contributed by atoms with Gasteiger partial charge in [0.15, 0.2) is 0 Å². The first kappa shape index (κ1) is 18.6. The van der Waals surface area contributed by atoms with E-state index in [9.17, 15) is 8.42 Å². The van der Waals surface area contributed by atoms with Crippen LogP contribution in [0.15, 0.2) is 57.9 Å². The van der Waals surface area contributed by atoms with Gasteiger partial charge >= 0.3 is 0 Å². The van der Waals surface area contributed by atoms with Gasteiger partial charge in [0.2, 0.25) is 21.7 Å². The van der Waals surface area contributed by atoms with Crippen LogP contribution in [0.4, 0.5) is 0 Å². The molecule has 0 aliphatic carbocycles. The van der Waals surface area contributed by atoms with Crippen molar-refractivity contribution in [2.45, 2.75) is 25.3 Å². The molecule has 1 heterocycles. The summed E-state index contributed by atoms with van der Waals surface area (Å²) in [5, 5.41) is 4.43. The summed E-state index contributed by atoms with van der Waals surface area (Å²) in [6.07, 6.45) is 0. The third-order valence-corrected chi connectivity index (χ3v) is 6.05. The second-order valence-corrected chi connectivity index (χ2v) is 8.14. The van der Waals surface area contributed by atoms with E-state index in [1.54, 1.807) is 19.1 Å². The number of benzene rings is 2. The lowest BCUT2D eigenvalue weighted by Crippen LogP contribution is -2.30. The molecule has 0 saturated carbocycles. The predicted molar refractivity (Wildman–Crippen MR) is 99.2 cm³/mol. The van der Waals surface area contributed by atoms with Crippen molar-refractivity contribution in [1.82, 2.24) is 14.4 Å². The highest BCUT2D eigenvalue weighted by Gasteiger charge is 2.25. The lowest BCUT2D eigenvalue weighted by Gasteiger charge is -2.18. The smallest absolute Gasteiger partial charge is 0.243 e. The van der Waals surface area contributed by atoms with Crippen LogP contribution < -0.4 is 0 Å². The van der Waals surface area contributed by atoms with Gasteiger partial charge in [-0.25, -0.2) is 8.42 Å². The molecule has 0 amide bonds. The van der Waals surface area contributed by atoms with Crippen molar-refractivity contribution in [2.24, 2.45) is 0 Å². The van der Waals surface area contributed by atoms with Gasteiger partial charge in [-0.2, -0.15) is 9.29 Å². The van der Waals surface area contributed by atoms with Gasteiger partial charge in [-0.1, -0.05) is 47.4 Å². The Morgan fingerprint density at radius 1 is 1.15 bits per heavy atom. The van der Waals surface area contributed by atoms with Crippen molar-refractivity contribution in [1.29, 1.82) is 0 Å². The Kier molecular flexibility index (Phi) is 5.41. The number of hydrogen-bond acceptors (Lipinski definition) is 5. The molecule has 0 N–H and O–H groups in total. The first-order valence-corrected chi connectivity index (χ1v) is 9.87. The highest BCUT2D eigenvalue weighted by Crippen LogP contribution is 2.21. The van der Waals surface area contributed by atoms with E-state index in [1.165, 1.54) is 16.4 Å². The Labute approximate surface area is 157 Å². The molecule has 6 nitrogen and oxygen atoms in total. The van der Waals surface area contributed by atoms with Crippen LogP contribution in [0.2, 0.25) is 5.02 Å². The van der Waals surface area contributed by atoms with Crippen molar-refractivity contribution in [3.63, 3.8) is 0 Å². The van der Waals surface area contributed by atoms with Crippen LogP contribution in [-0.4, -0.2) is 29.4 Å². The highest BCUT2D eigenvalue weighted by molar-refractivity contribution is 7.89. The highest BCUT2D eigenvalue weighted by atomic mass is 35.5. The van der Waals surface area contributed by atoms with Crippen LogP contribution in [0.3, 0.4) is 0 Å². The topological polar surface area (TPSA) is 76.3 Å². The minimum absolute atomic E-state index is 0.000273. The number of aromatic nitrogens is 2. The van der Waals surface area contributed by atoms with Gasteiger partial charge in [0, 0.05) is 17.1 Å². The molecule has 0 radical (unpaired) electrons. The zero-order valence-corrected chi connectivity index (χ0v) is 16.0. The predicted octanol–water partition coefficient (Wildman–Crippen LogP) is 3.91. The van der Waals surface area contributed by atoms with E-state index in [1.807, 2.05) is 31.2 Å². The molecule has 0 atom stereocenters. The maximum absolute atomic E-state index is 12.8. The summed E-state index contributed by atoms with van der Waals surface area (Å²) in [6.45, 7) is 4.00. The monoisotopic (exact) mass is 391 g/mol. The minimum atomic E-state index is -3.68. The summed E-state index contributed by atoms with van der Waals surface area (Å²) in [5.41, 5.74) is 1.90. The average Bonchev–Trinajstić information content (AvgIpc) is 3.08. The van der Waals surface area contributed by atoms with Crippen LogP contribution in [0.1, 0.15) is 18.4 Å². The van der Waals surface area contributed by atoms with Crippen LogP contribution in [-0.2, 0) is 16.6 Å². The molecule has 0 unspecified atom stereocenters. The largest absolute Gasteiger partial charge is 0.338 e. The quantitative estimate of drug-likeness (QED) is 0.636. The summed E-state index contributed by atoms with van der Waals surface area (Å²) in [5.74, 6) is 0.671. The number of aryl methyl sites for hydroxylation is 1. The van der Waals surface area contributed by atoms with Crippen molar-refractivity contribution >= 4 is 21.6 Å². The van der Waals surface area contributed by atoms with Crippen LogP contribution in [0, 0.1) is 6.92 Å². The zero-order chi connectivity index (χ0) is 18.7. The van der Waals surface area contributed by atoms with Gasteiger partial charge in [0.1, 0.15) is 0 Å². The molecule has 2 aromatic carbocycles. The zero-order valence-electron chi connectivity index (χ0n) is 14.4. The van der Waals surface area contributed by atoms with Crippen molar-refractivity contribution < 1.29 is 12.9 Å². The fourth-order valence-electron chi connectivity index (χ4n) is 2.49. The molecule has 8 heteroatoms.